The average molecular weight is 274 g/mol. The Morgan fingerprint density at radius 1 is 1.45 bits per heavy atom. The summed E-state index contributed by atoms with van der Waals surface area (Å²) >= 11 is 0. The smallest absolute Gasteiger partial charge is 0.306 e. The van der Waals surface area contributed by atoms with E-state index >= 15 is 0 Å². The monoisotopic (exact) mass is 274 g/mol. The largest absolute Gasteiger partial charge is 0.461 e. The minimum Gasteiger partial charge on any atom is -0.461 e. The maximum Gasteiger partial charge on any atom is 0.306 e. The van der Waals surface area contributed by atoms with Crippen molar-refractivity contribution in [3.63, 3.8) is 0 Å². The molecular weight excluding hydrogens is 256 g/mol. The number of H-pyrrole nitrogens is 1. The van der Waals surface area contributed by atoms with E-state index in [1.807, 2.05) is 19.1 Å². The number of hydrogen-bond acceptors (Lipinski definition) is 4. The molecule has 0 aromatic carbocycles. The Kier molecular flexibility index (Phi) is 5.73. The highest BCUT2D eigenvalue weighted by molar-refractivity contribution is 5.70. The number of nitrogens with zero attached hydrogens (tertiary/aromatic N) is 1. The first-order chi connectivity index (χ1) is 9.51. The van der Waals surface area contributed by atoms with Crippen LogP contribution in [0.15, 0.2) is 16.9 Å². The lowest BCUT2D eigenvalue weighted by atomic mass is 9.99. The van der Waals surface area contributed by atoms with Crippen molar-refractivity contribution in [2.45, 2.75) is 33.6 Å². The summed E-state index contributed by atoms with van der Waals surface area (Å²) in [7, 11) is 0. The molecule has 1 heterocycles. The molecule has 1 aromatic rings. The van der Waals surface area contributed by atoms with E-state index in [4.69, 9.17) is 10.00 Å². The molecule has 0 aliphatic carbocycles. The number of pyridine rings is 1. The Labute approximate surface area is 117 Å². The number of ether oxygens (including phenoxy) is 1. The number of carbonyl (C=O) groups is 1. The average Bonchev–Trinajstić information content (AvgIpc) is 2.38. The van der Waals surface area contributed by atoms with E-state index in [2.05, 4.69) is 4.98 Å². The van der Waals surface area contributed by atoms with E-state index in [0.29, 0.717) is 17.7 Å². The van der Waals surface area contributed by atoms with Crippen LogP contribution in [0.4, 0.5) is 0 Å². The third-order valence-corrected chi connectivity index (χ3v) is 3.08. The lowest BCUT2D eigenvalue weighted by Crippen LogP contribution is -2.17. The van der Waals surface area contributed by atoms with Crippen LogP contribution in [0.1, 0.15) is 35.7 Å². The standard InChI is InChI=1S/C15H18N2O3/c1-4-5-8-20-14(18)7-6-12-10(2)13(9-16)15(19)17-11(12)3/h4-5H,6-8H2,1-3H3,(H,17,19). The van der Waals surface area contributed by atoms with Gasteiger partial charge in [0.05, 0.1) is 0 Å². The molecule has 0 spiro atoms. The molecule has 106 valence electrons. The molecule has 0 aliphatic rings. The van der Waals surface area contributed by atoms with Crippen LogP contribution in [-0.4, -0.2) is 17.6 Å². The summed E-state index contributed by atoms with van der Waals surface area (Å²) in [6.07, 6.45) is 4.22. The number of carbonyl (C=O) groups excluding carboxylic acids is 1. The molecule has 1 aromatic heterocycles. The van der Waals surface area contributed by atoms with Gasteiger partial charge in [-0.2, -0.15) is 5.26 Å². The van der Waals surface area contributed by atoms with Crippen LogP contribution in [0.3, 0.4) is 0 Å². The van der Waals surface area contributed by atoms with Crippen molar-refractivity contribution >= 4 is 5.97 Å². The number of allylic oxidation sites excluding steroid dienone is 1. The number of aromatic amines is 1. The van der Waals surface area contributed by atoms with E-state index in [1.54, 1.807) is 19.9 Å². The van der Waals surface area contributed by atoms with Crippen LogP contribution < -0.4 is 5.56 Å². The summed E-state index contributed by atoms with van der Waals surface area (Å²) in [5.74, 6) is -0.299. The van der Waals surface area contributed by atoms with Gasteiger partial charge in [-0.1, -0.05) is 12.2 Å². The number of aryl methyl sites for hydroxylation is 1. The number of nitrogens with one attached hydrogen (secondary N) is 1. The van der Waals surface area contributed by atoms with E-state index in [9.17, 15) is 9.59 Å². The van der Waals surface area contributed by atoms with Crippen molar-refractivity contribution in [1.29, 1.82) is 5.26 Å². The predicted octanol–water partition coefficient (Wildman–Crippen LogP) is 1.92. The minimum absolute atomic E-state index is 0.105. The Balaban J connectivity index is 2.81. The highest BCUT2D eigenvalue weighted by atomic mass is 16.5. The normalized spacial score (nSPS) is 10.5. The Morgan fingerprint density at radius 2 is 2.15 bits per heavy atom. The van der Waals surface area contributed by atoms with Gasteiger partial charge in [0, 0.05) is 12.1 Å². The third-order valence-electron chi connectivity index (χ3n) is 3.08. The van der Waals surface area contributed by atoms with E-state index in [-0.39, 0.29) is 30.1 Å². The molecule has 20 heavy (non-hydrogen) atoms. The second-order valence-electron chi connectivity index (χ2n) is 4.42. The molecular formula is C15H18N2O3. The number of rotatable bonds is 5. The van der Waals surface area contributed by atoms with Gasteiger partial charge in [-0.15, -0.1) is 0 Å². The second-order valence-corrected chi connectivity index (χ2v) is 4.42. The maximum atomic E-state index is 11.6. The molecule has 0 bridgehead atoms. The first-order valence-corrected chi connectivity index (χ1v) is 6.40. The van der Waals surface area contributed by atoms with Gasteiger partial charge < -0.3 is 9.72 Å². The van der Waals surface area contributed by atoms with Crippen molar-refractivity contribution in [2.75, 3.05) is 6.61 Å². The van der Waals surface area contributed by atoms with E-state index in [0.717, 1.165) is 5.56 Å². The molecule has 0 saturated heterocycles. The zero-order valence-electron chi connectivity index (χ0n) is 11.9. The van der Waals surface area contributed by atoms with Crippen LogP contribution >= 0.6 is 0 Å². The Morgan fingerprint density at radius 3 is 2.75 bits per heavy atom. The van der Waals surface area contributed by atoms with Gasteiger partial charge in [-0.05, 0) is 38.3 Å². The molecule has 5 nitrogen and oxygen atoms in total. The third kappa shape index (κ3) is 3.82. The molecule has 0 unspecified atom stereocenters. The van der Waals surface area contributed by atoms with Crippen molar-refractivity contribution < 1.29 is 9.53 Å². The highest BCUT2D eigenvalue weighted by Gasteiger charge is 2.13. The van der Waals surface area contributed by atoms with Crippen molar-refractivity contribution in [3.8, 4) is 6.07 Å². The van der Waals surface area contributed by atoms with Gasteiger partial charge >= 0.3 is 5.97 Å². The van der Waals surface area contributed by atoms with Gasteiger partial charge in [0.15, 0.2) is 0 Å². The number of hydrogen-bond donors (Lipinski definition) is 1. The first kappa shape index (κ1) is 15.7. The molecule has 0 saturated carbocycles. The lowest BCUT2D eigenvalue weighted by Gasteiger charge is -2.10. The fourth-order valence-electron chi connectivity index (χ4n) is 1.96. The topological polar surface area (TPSA) is 83.0 Å². The zero-order chi connectivity index (χ0) is 15.1. The van der Waals surface area contributed by atoms with Crippen LogP contribution in [0.2, 0.25) is 0 Å². The highest BCUT2D eigenvalue weighted by Crippen LogP contribution is 2.15. The molecule has 0 radical (unpaired) electrons. The lowest BCUT2D eigenvalue weighted by molar-refractivity contribution is -0.142. The minimum atomic E-state index is -0.387. The number of nitriles is 1. The number of esters is 1. The second kappa shape index (κ2) is 7.29. The summed E-state index contributed by atoms with van der Waals surface area (Å²) in [6.45, 7) is 5.60. The summed E-state index contributed by atoms with van der Waals surface area (Å²) in [4.78, 5) is 25.8. The quantitative estimate of drug-likeness (QED) is 0.656. The van der Waals surface area contributed by atoms with Crippen molar-refractivity contribution in [3.05, 3.63) is 44.9 Å². The molecule has 0 atom stereocenters. The molecule has 0 aliphatic heterocycles. The molecule has 5 heteroatoms. The van der Waals surface area contributed by atoms with Crippen molar-refractivity contribution in [2.24, 2.45) is 0 Å². The van der Waals surface area contributed by atoms with Crippen LogP contribution in [0, 0.1) is 25.2 Å². The molecule has 1 rings (SSSR count). The van der Waals surface area contributed by atoms with Gasteiger partial charge in [0.1, 0.15) is 18.2 Å². The van der Waals surface area contributed by atoms with Crippen molar-refractivity contribution in [1.82, 2.24) is 4.98 Å². The molecule has 1 N–H and O–H groups in total. The SMILES string of the molecule is CC=CCOC(=O)CCc1c(C)[nH]c(=O)c(C#N)c1C. The van der Waals surface area contributed by atoms with Gasteiger partial charge in [-0.25, -0.2) is 0 Å². The van der Waals surface area contributed by atoms with E-state index < -0.39 is 0 Å². The van der Waals surface area contributed by atoms with Crippen LogP contribution in [-0.2, 0) is 16.0 Å². The van der Waals surface area contributed by atoms with Gasteiger partial charge in [-0.3, -0.25) is 9.59 Å². The number of aromatic nitrogens is 1. The Hall–Kier alpha value is -2.35. The van der Waals surface area contributed by atoms with Crippen LogP contribution in [0.5, 0.6) is 0 Å². The predicted molar refractivity (Wildman–Crippen MR) is 75.3 cm³/mol. The fourth-order valence-corrected chi connectivity index (χ4v) is 1.96. The molecule has 0 amide bonds. The summed E-state index contributed by atoms with van der Waals surface area (Å²) in [5.41, 5.74) is 1.86. The van der Waals surface area contributed by atoms with Crippen LogP contribution in [0.25, 0.3) is 0 Å². The summed E-state index contributed by atoms with van der Waals surface area (Å²) in [6, 6.07) is 1.89. The fraction of sp³-hybridized carbons (Fsp3) is 0.400. The Bertz CT molecular complexity index is 621. The van der Waals surface area contributed by atoms with Gasteiger partial charge in [0.25, 0.3) is 5.56 Å². The van der Waals surface area contributed by atoms with E-state index in [1.165, 1.54) is 0 Å². The first-order valence-electron chi connectivity index (χ1n) is 6.40. The maximum absolute atomic E-state index is 11.6. The van der Waals surface area contributed by atoms with Gasteiger partial charge in [0.2, 0.25) is 0 Å². The zero-order valence-corrected chi connectivity index (χ0v) is 11.9. The molecule has 0 fully saturated rings. The summed E-state index contributed by atoms with van der Waals surface area (Å²) in [5, 5.41) is 8.97. The summed E-state index contributed by atoms with van der Waals surface area (Å²) < 4.78 is 5.00.